The molecule has 0 spiro atoms. The number of hydrogen-bond acceptors (Lipinski definition) is 12. The van der Waals surface area contributed by atoms with Crippen LogP contribution in [-0.4, -0.2) is 79.8 Å². The summed E-state index contributed by atoms with van der Waals surface area (Å²) in [4.78, 5) is 56.5. The highest BCUT2D eigenvalue weighted by molar-refractivity contribution is 8.02. The fourth-order valence-corrected chi connectivity index (χ4v) is 5.53. The smallest absolute Gasteiger partial charge is 0.355 e. The van der Waals surface area contributed by atoms with Crippen LogP contribution >= 0.6 is 23.5 Å². The van der Waals surface area contributed by atoms with E-state index < -0.39 is 28.5 Å². The van der Waals surface area contributed by atoms with Crippen molar-refractivity contribution in [2.45, 2.75) is 57.6 Å². The minimum absolute atomic E-state index is 0.0951. The van der Waals surface area contributed by atoms with Crippen LogP contribution in [0, 0.1) is 10.1 Å². The average molecular weight is 569 g/mol. The van der Waals surface area contributed by atoms with Crippen molar-refractivity contribution in [2.75, 3.05) is 30.5 Å². The third kappa shape index (κ3) is 7.66. The number of thioether (sulfide) groups is 2. The number of hydrogen-bond donors (Lipinski definition) is 3. The van der Waals surface area contributed by atoms with Crippen LogP contribution in [0.1, 0.15) is 39.8 Å². The largest absolute Gasteiger partial charge is 0.461 e. The normalized spacial score (nSPS) is 19.4. The summed E-state index contributed by atoms with van der Waals surface area (Å²) in [7, 11) is 0. The van der Waals surface area contributed by atoms with Crippen LogP contribution in [-0.2, 0) is 30.3 Å². The highest BCUT2D eigenvalue weighted by Gasteiger charge is 2.54. The fraction of sp³-hybridized carbons (Fsp3) is 0.565. The second kappa shape index (κ2) is 12.6. The van der Waals surface area contributed by atoms with Crippen LogP contribution in [0.4, 0.5) is 5.95 Å². The number of nitrogens with zero attached hydrogens (tertiary/aromatic N) is 3. The van der Waals surface area contributed by atoms with Crippen molar-refractivity contribution in [3.05, 3.63) is 44.5 Å². The Labute approximate surface area is 228 Å². The maximum Gasteiger partial charge on any atom is 0.355 e. The molecule has 0 radical (unpaired) electrons. The molecule has 38 heavy (non-hydrogen) atoms. The first-order valence-electron chi connectivity index (χ1n) is 11.9. The van der Waals surface area contributed by atoms with Gasteiger partial charge in [0.25, 0.3) is 12.1 Å². The number of aromatic amines is 1. The predicted octanol–water partition coefficient (Wildman–Crippen LogP) is 2.22. The molecule has 0 saturated carbocycles. The molecule has 0 aromatic carbocycles. The van der Waals surface area contributed by atoms with Crippen LogP contribution in [0.5, 0.6) is 0 Å². The van der Waals surface area contributed by atoms with Crippen molar-refractivity contribution >= 4 is 47.3 Å². The molecule has 3 N–H and O–H groups in total. The number of nitrogens with one attached hydrogen (secondary N) is 3. The average Bonchev–Trinajstić information content (AvgIpc) is 3.28. The molecular formula is C23H32N6O7S2. The van der Waals surface area contributed by atoms with Gasteiger partial charge in [0.2, 0.25) is 5.95 Å². The molecule has 1 unspecified atom stereocenters. The highest BCUT2D eigenvalue weighted by Crippen LogP contribution is 2.42. The lowest BCUT2D eigenvalue weighted by Gasteiger charge is -2.49. The molecule has 1 amide bonds. The van der Waals surface area contributed by atoms with Gasteiger partial charge in [-0.3, -0.25) is 24.6 Å². The number of β-lactam (4-membered cyclic amide) rings is 1. The van der Waals surface area contributed by atoms with Gasteiger partial charge in [-0.15, -0.1) is 23.5 Å². The molecule has 15 heteroatoms. The van der Waals surface area contributed by atoms with Crippen molar-refractivity contribution < 1.29 is 28.8 Å². The van der Waals surface area contributed by atoms with Crippen molar-refractivity contribution in [2.24, 2.45) is 0 Å². The number of ether oxygens (including phenoxy) is 2. The molecule has 1 saturated heterocycles. The number of H-pyrrole nitrogens is 1. The van der Waals surface area contributed by atoms with Crippen molar-refractivity contribution in [1.82, 2.24) is 20.2 Å². The number of anilines is 1. The lowest BCUT2D eigenvalue weighted by atomic mass is 10.0. The summed E-state index contributed by atoms with van der Waals surface area (Å²) >= 11 is 2.72. The van der Waals surface area contributed by atoms with Gasteiger partial charge < -0.3 is 25.1 Å². The number of amides is 1. The standard InChI is InChI=1S/C23H32N6O7S2/c1-13(30)35-11-14-12-38-20-17(19(31)29(20)18(14)21(32)36-23(2,3)4)27-22-25-9-15(26-22)7-6-8-24-16(37-5)10-28(33)34/h9-10,17,20,24H,6-8,11-12H2,1-5H3,(H2,25,26,27)/t17?,20-/m1/s1. The summed E-state index contributed by atoms with van der Waals surface area (Å²) in [6.07, 6.45) is 5.73. The van der Waals surface area contributed by atoms with Crippen LogP contribution in [0.25, 0.3) is 0 Å². The second-order valence-electron chi connectivity index (χ2n) is 9.54. The van der Waals surface area contributed by atoms with Crippen molar-refractivity contribution in [1.29, 1.82) is 0 Å². The molecule has 1 aromatic heterocycles. The third-order valence-electron chi connectivity index (χ3n) is 5.37. The minimum atomic E-state index is -0.762. The Bertz CT molecular complexity index is 1140. The zero-order chi connectivity index (χ0) is 28.0. The first-order chi connectivity index (χ1) is 17.9. The van der Waals surface area contributed by atoms with Crippen molar-refractivity contribution in [3.63, 3.8) is 0 Å². The van der Waals surface area contributed by atoms with Gasteiger partial charge in [0.15, 0.2) is 0 Å². The molecule has 3 rings (SSSR count). The van der Waals surface area contributed by atoms with E-state index in [9.17, 15) is 24.5 Å². The van der Waals surface area contributed by atoms with E-state index in [1.54, 1.807) is 33.2 Å². The van der Waals surface area contributed by atoms with E-state index in [2.05, 4.69) is 20.6 Å². The monoisotopic (exact) mass is 568 g/mol. The summed E-state index contributed by atoms with van der Waals surface area (Å²) in [6.45, 7) is 6.96. The summed E-state index contributed by atoms with van der Waals surface area (Å²) < 4.78 is 10.6. The van der Waals surface area contributed by atoms with Crippen molar-refractivity contribution in [3.8, 4) is 0 Å². The molecular weight excluding hydrogens is 536 g/mol. The number of esters is 2. The molecule has 1 fully saturated rings. The van der Waals surface area contributed by atoms with Crippen LogP contribution in [0.2, 0.25) is 0 Å². The number of carbonyl (C=O) groups is 3. The van der Waals surface area contributed by atoms with Crippen LogP contribution in [0.15, 0.2) is 28.7 Å². The molecule has 208 valence electrons. The Kier molecular flexibility index (Phi) is 9.71. The first-order valence-corrected chi connectivity index (χ1v) is 14.1. The highest BCUT2D eigenvalue weighted by atomic mass is 32.2. The topological polar surface area (TPSA) is 169 Å². The number of aromatic nitrogens is 2. The van der Waals surface area contributed by atoms with E-state index in [0.29, 0.717) is 41.7 Å². The quantitative estimate of drug-likeness (QED) is 0.111. The number of rotatable bonds is 12. The Morgan fingerprint density at radius 1 is 1.42 bits per heavy atom. The van der Waals surface area contributed by atoms with Gasteiger partial charge in [-0.25, -0.2) is 9.78 Å². The van der Waals surface area contributed by atoms with Gasteiger partial charge in [0, 0.05) is 30.5 Å². The summed E-state index contributed by atoms with van der Waals surface area (Å²) in [5.41, 5.74) is 0.726. The number of nitro groups is 1. The number of imidazole rings is 1. The minimum Gasteiger partial charge on any atom is -0.461 e. The second-order valence-corrected chi connectivity index (χ2v) is 11.5. The SMILES string of the molecule is CSC(=C[N+](=O)[O-])NCCCc1cnc(NC2C(=O)N3C(C(=O)OC(C)(C)C)=C(COC(C)=O)CS[C@H]23)[nH]1. The van der Waals surface area contributed by atoms with E-state index in [4.69, 9.17) is 9.47 Å². The lowest BCUT2D eigenvalue weighted by molar-refractivity contribution is -0.403. The van der Waals surface area contributed by atoms with E-state index >= 15 is 0 Å². The molecule has 0 bridgehead atoms. The van der Waals surface area contributed by atoms with Gasteiger partial charge in [0.1, 0.15) is 34.3 Å². The van der Waals surface area contributed by atoms with Gasteiger partial charge in [0.05, 0.1) is 11.1 Å². The van der Waals surface area contributed by atoms with Gasteiger partial charge in [-0.1, -0.05) is 0 Å². The lowest BCUT2D eigenvalue weighted by Crippen LogP contribution is -2.68. The number of aryl methyl sites for hydroxylation is 1. The molecule has 2 atom stereocenters. The fourth-order valence-electron chi connectivity index (χ4n) is 3.76. The Morgan fingerprint density at radius 3 is 2.79 bits per heavy atom. The number of carbonyl (C=O) groups excluding carboxylic acids is 3. The summed E-state index contributed by atoms with van der Waals surface area (Å²) in [5, 5.41) is 16.9. The van der Waals surface area contributed by atoms with E-state index in [-0.39, 0.29) is 23.6 Å². The molecule has 2 aliphatic heterocycles. The van der Waals surface area contributed by atoms with E-state index in [0.717, 1.165) is 11.9 Å². The molecule has 0 aliphatic carbocycles. The molecule has 13 nitrogen and oxygen atoms in total. The van der Waals surface area contributed by atoms with E-state index in [1.807, 2.05) is 0 Å². The Morgan fingerprint density at radius 2 is 2.16 bits per heavy atom. The Hall–Kier alpha value is -3.20. The van der Waals surface area contributed by atoms with Gasteiger partial charge >= 0.3 is 11.9 Å². The Balaban J connectivity index is 1.62. The summed E-state index contributed by atoms with van der Waals surface area (Å²) in [5.74, 6) is -0.604. The maximum absolute atomic E-state index is 13.1. The predicted molar refractivity (Wildman–Crippen MR) is 144 cm³/mol. The zero-order valence-corrected chi connectivity index (χ0v) is 23.5. The van der Waals surface area contributed by atoms with Crippen LogP contribution < -0.4 is 10.6 Å². The zero-order valence-electron chi connectivity index (χ0n) is 21.9. The van der Waals surface area contributed by atoms with E-state index in [1.165, 1.54) is 35.3 Å². The first kappa shape index (κ1) is 29.4. The molecule has 1 aromatic rings. The molecule has 3 heterocycles. The maximum atomic E-state index is 13.1. The van der Waals surface area contributed by atoms with Crippen LogP contribution in [0.3, 0.4) is 0 Å². The van der Waals surface area contributed by atoms with Gasteiger partial charge in [-0.05, 0) is 39.9 Å². The third-order valence-corrected chi connectivity index (χ3v) is 7.40. The van der Waals surface area contributed by atoms with Gasteiger partial charge in [-0.2, -0.15) is 0 Å². The molecule has 2 aliphatic rings. The number of fused-ring (bicyclic) bond motifs is 1. The summed E-state index contributed by atoms with van der Waals surface area (Å²) in [6, 6.07) is -0.607.